The predicted molar refractivity (Wildman–Crippen MR) is 87.6 cm³/mol. The highest BCUT2D eigenvalue weighted by atomic mass is 32.2. The summed E-state index contributed by atoms with van der Waals surface area (Å²) in [6.07, 6.45) is 0. The van der Waals surface area contributed by atoms with Crippen LogP contribution >= 0.6 is 34.4 Å². The molecule has 102 valence electrons. The quantitative estimate of drug-likeness (QED) is 0.651. The standard InChI is InChI=1S/C14H13N3S3/c1-3-18-12-7-6-10(16-17-12)13-9(2)15-14(20-13)11-5-4-8-19-11/h4-8H,3H2,1-2H3. The van der Waals surface area contributed by atoms with Crippen LogP contribution in [0.15, 0.2) is 34.7 Å². The summed E-state index contributed by atoms with van der Waals surface area (Å²) in [6, 6.07) is 8.20. The molecule has 6 heteroatoms. The number of rotatable bonds is 4. The minimum Gasteiger partial charge on any atom is -0.240 e. The summed E-state index contributed by atoms with van der Waals surface area (Å²) in [5, 5.41) is 12.7. The molecule has 0 N–H and O–H groups in total. The van der Waals surface area contributed by atoms with Gasteiger partial charge in [0.2, 0.25) is 0 Å². The van der Waals surface area contributed by atoms with E-state index in [1.54, 1.807) is 34.4 Å². The molecule has 0 saturated heterocycles. The summed E-state index contributed by atoms with van der Waals surface area (Å²) in [4.78, 5) is 6.95. The van der Waals surface area contributed by atoms with E-state index in [9.17, 15) is 0 Å². The summed E-state index contributed by atoms with van der Waals surface area (Å²) >= 11 is 5.09. The van der Waals surface area contributed by atoms with Gasteiger partial charge in [0.1, 0.15) is 15.7 Å². The van der Waals surface area contributed by atoms with Crippen LogP contribution in [0.25, 0.3) is 20.5 Å². The summed E-state index contributed by atoms with van der Waals surface area (Å²) in [5.41, 5.74) is 1.92. The summed E-state index contributed by atoms with van der Waals surface area (Å²) in [6.45, 7) is 4.14. The molecule has 3 heterocycles. The van der Waals surface area contributed by atoms with Gasteiger partial charge in [0.15, 0.2) is 0 Å². The van der Waals surface area contributed by atoms with E-state index in [4.69, 9.17) is 0 Å². The number of thiophene rings is 1. The van der Waals surface area contributed by atoms with E-state index in [0.29, 0.717) is 0 Å². The first-order chi connectivity index (χ1) is 9.78. The van der Waals surface area contributed by atoms with Crippen LogP contribution in [0.4, 0.5) is 0 Å². The van der Waals surface area contributed by atoms with Gasteiger partial charge in [-0.15, -0.1) is 44.6 Å². The Labute approximate surface area is 130 Å². The molecule has 0 aromatic carbocycles. The first-order valence-corrected chi connectivity index (χ1v) is 8.94. The van der Waals surface area contributed by atoms with Crippen molar-refractivity contribution >= 4 is 34.4 Å². The highest BCUT2D eigenvalue weighted by Gasteiger charge is 2.13. The Balaban J connectivity index is 1.94. The SMILES string of the molecule is CCSc1ccc(-c2sc(-c3cccs3)nc2C)nn1. The van der Waals surface area contributed by atoms with Crippen LogP contribution in [0.2, 0.25) is 0 Å². The van der Waals surface area contributed by atoms with Gasteiger partial charge >= 0.3 is 0 Å². The highest BCUT2D eigenvalue weighted by molar-refractivity contribution is 7.99. The molecule has 0 aliphatic rings. The van der Waals surface area contributed by atoms with Crippen molar-refractivity contribution in [2.75, 3.05) is 5.75 Å². The Kier molecular flexibility index (Phi) is 4.14. The van der Waals surface area contributed by atoms with Crippen molar-refractivity contribution in [3.8, 4) is 20.5 Å². The number of aromatic nitrogens is 3. The first kappa shape index (κ1) is 13.7. The Morgan fingerprint density at radius 2 is 2.10 bits per heavy atom. The molecule has 0 atom stereocenters. The lowest BCUT2D eigenvalue weighted by Gasteiger charge is -1.99. The Morgan fingerprint density at radius 1 is 1.20 bits per heavy atom. The van der Waals surface area contributed by atoms with Crippen LogP contribution in [-0.2, 0) is 0 Å². The van der Waals surface area contributed by atoms with Crippen molar-refractivity contribution in [1.82, 2.24) is 15.2 Å². The van der Waals surface area contributed by atoms with E-state index in [0.717, 1.165) is 32.1 Å². The van der Waals surface area contributed by atoms with Gasteiger partial charge in [0.05, 0.1) is 15.4 Å². The fourth-order valence-corrected chi connectivity index (χ4v) is 4.19. The Bertz CT molecular complexity index is 687. The zero-order chi connectivity index (χ0) is 13.9. The van der Waals surface area contributed by atoms with E-state index in [1.165, 1.54) is 4.88 Å². The normalized spacial score (nSPS) is 10.9. The van der Waals surface area contributed by atoms with Crippen LogP contribution in [0, 0.1) is 6.92 Å². The summed E-state index contributed by atoms with van der Waals surface area (Å²) < 4.78 is 0. The molecule has 20 heavy (non-hydrogen) atoms. The maximum atomic E-state index is 4.64. The van der Waals surface area contributed by atoms with E-state index in [-0.39, 0.29) is 0 Å². The third kappa shape index (κ3) is 2.77. The fraction of sp³-hybridized carbons (Fsp3) is 0.214. The summed E-state index contributed by atoms with van der Waals surface area (Å²) in [7, 11) is 0. The van der Waals surface area contributed by atoms with Gasteiger partial charge in [-0.3, -0.25) is 0 Å². The van der Waals surface area contributed by atoms with Gasteiger partial charge in [-0.05, 0) is 36.3 Å². The highest BCUT2D eigenvalue weighted by Crippen LogP contribution is 2.36. The van der Waals surface area contributed by atoms with Crippen LogP contribution < -0.4 is 0 Å². The molecule has 0 bridgehead atoms. The van der Waals surface area contributed by atoms with Gasteiger partial charge in [0.25, 0.3) is 0 Å². The van der Waals surface area contributed by atoms with Crippen LogP contribution in [0.5, 0.6) is 0 Å². The average molecular weight is 319 g/mol. The molecule has 3 aromatic rings. The maximum Gasteiger partial charge on any atom is 0.134 e. The van der Waals surface area contributed by atoms with Gasteiger partial charge < -0.3 is 0 Å². The van der Waals surface area contributed by atoms with Crippen LogP contribution in [-0.4, -0.2) is 20.9 Å². The van der Waals surface area contributed by atoms with E-state index < -0.39 is 0 Å². The maximum absolute atomic E-state index is 4.64. The lowest BCUT2D eigenvalue weighted by atomic mass is 10.3. The molecule has 0 amide bonds. The smallest absolute Gasteiger partial charge is 0.134 e. The third-order valence-electron chi connectivity index (χ3n) is 2.69. The molecule has 0 aliphatic heterocycles. The van der Waals surface area contributed by atoms with E-state index in [1.807, 2.05) is 25.1 Å². The number of thioether (sulfide) groups is 1. The van der Waals surface area contributed by atoms with Crippen molar-refractivity contribution in [1.29, 1.82) is 0 Å². The molecular weight excluding hydrogens is 306 g/mol. The molecule has 3 nitrogen and oxygen atoms in total. The molecule has 3 aromatic heterocycles. The van der Waals surface area contributed by atoms with Crippen molar-refractivity contribution in [2.45, 2.75) is 18.9 Å². The van der Waals surface area contributed by atoms with Crippen molar-refractivity contribution in [3.63, 3.8) is 0 Å². The number of hydrogen-bond acceptors (Lipinski definition) is 6. The first-order valence-electron chi connectivity index (χ1n) is 6.26. The zero-order valence-electron chi connectivity index (χ0n) is 11.2. The van der Waals surface area contributed by atoms with Crippen molar-refractivity contribution in [2.24, 2.45) is 0 Å². The molecule has 3 rings (SSSR count). The number of hydrogen-bond donors (Lipinski definition) is 0. The van der Waals surface area contributed by atoms with Gasteiger partial charge in [-0.1, -0.05) is 13.0 Å². The van der Waals surface area contributed by atoms with E-state index in [2.05, 4.69) is 33.6 Å². The monoisotopic (exact) mass is 319 g/mol. The second-order valence-electron chi connectivity index (χ2n) is 4.10. The topological polar surface area (TPSA) is 38.7 Å². The third-order valence-corrected chi connectivity index (χ3v) is 5.71. The number of nitrogens with zero attached hydrogens (tertiary/aromatic N) is 3. The number of thiazole rings is 1. The molecular formula is C14H13N3S3. The fourth-order valence-electron chi connectivity index (χ4n) is 1.81. The van der Waals surface area contributed by atoms with Crippen LogP contribution in [0.3, 0.4) is 0 Å². The lowest BCUT2D eigenvalue weighted by molar-refractivity contribution is 0.936. The van der Waals surface area contributed by atoms with Crippen molar-refractivity contribution in [3.05, 3.63) is 35.3 Å². The predicted octanol–water partition coefficient (Wildman–Crippen LogP) is 4.75. The Morgan fingerprint density at radius 3 is 2.75 bits per heavy atom. The molecule has 0 unspecified atom stereocenters. The van der Waals surface area contributed by atoms with Crippen molar-refractivity contribution < 1.29 is 0 Å². The Hall–Kier alpha value is -1.24. The van der Waals surface area contributed by atoms with Crippen LogP contribution in [0.1, 0.15) is 12.6 Å². The van der Waals surface area contributed by atoms with E-state index >= 15 is 0 Å². The minimum atomic E-state index is 0.906. The summed E-state index contributed by atoms with van der Waals surface area (Å²) in [5.74, 6) is 1.01. The average Bonchev–Trinajstić information content (AvgIpc) is 3.09. The molecule has 0 aliphatic carbocycles. The zero-order valence-corrected chi connectivity index (χ0v) is 13.6. The second-order valence-corrected chi connectivity index (χ2v) is 7.33. The molecule has 0 radical (unpaired) electrons. The van der Waals surface area contributed by atoms with Gasteiger partial charge in [-0.2, -0.15) is 0 Å². The molecule has 0 fully saturated rings. The minimum absolute atomic E-state index is 0.906. The molecule has 0 spiro atoms. The van der Waals surface area contributed by atoms with Gasteiger partial charge in [0, 0.05) is 0 Å². The molecule has 0 saturated carbocycles. The number of aryl methyl sites for hydroxylation is 1. The van der Waals surface area contributed by atoms with Gasteiger partial charge in [-0.25, -0.2) is 4.98 Å². The largest absolute Gasteiger partial charge is 0.240 e. The lowest BCUT2D eigenvalue weighted by Crippen LogP contribution is -1.89. The second kappa shape index (κ2) is 6.03.